The van der Waals surface area contributed by atoms with Crippen molar-refractivity contribution < 1.29 is 22.7 Å². The van der Waals surface area contributed by atoms with Gasteiger partial charge in [-0.1, -0.05) is 24.3 Å². The number of likely N-dealkylation sites (N-methyl/N-ethyl adjacent to an activating group) is 1. The highest BCUT2D eigenvalue weighted by molar-refractivity contribution is 7.89. The van der Waals surface area contributed by atoms with Crippen LogP contribution in [-0.2, 0) is 21.4 Å². The third-order valence-corrected chi connectivity index (χ3v) is 8.22. The zero-order valence-electron chi connectivity index (χ0n) is 25.2. The summed E-state index contributed by atoms with van der Waals surface area (Å²) in [5.41, 5.74) is 2.25. The summed E-state index contributed by atoms with van der Waals surface area (Å²) in [4.78, 5) is 21.1. The van der Waals surface area contributed by atoms with E-state index in [1.165, 1.54) is 6.07 Å². The fraction of sp³-hybridized carbons (Fsp3) is 0.323. The van der Waals surface area contributed by atoms with Crippen LogP contribution in [0, 0.1) is 6.92 Å². The van der Waals surface area contributed by atoms with E-state index in [-0.39, 0.29) is 22.6 Å². The molecule has 1 fully saturated rings. The van der Waals surface area contributed by atoms with Gasteiger partial charge < -0.3 is 24.6 Å². The Morgan fingerprint density at radius 1 is 1.16 bits per heavy atom. The van der Waals surface area contributed by atoms with Crippen molar-refractivity contribution >= 4 is 32.8 Å². The lowest BCUT2D eigenvalue weighted by Crippen LogP contribution is -2.30. The Balaban J connectivity index is 1.49. The number of hydrogen-bond acceptors (Lipinski definition) is 9. The number of likely N-dealkylation sites (tertiary alicyclic amines) is 1. The Morgan fingerprint density at radius 2 is 1.93 bits per heavy atom. The number of hydrogen-bond donors (Lipinski definition) is 2. The maximum Gasteiger partial charge on any atom is 0.246 e. The van der Waals surface area contributed by atoms with E-state index in [2.05, 4.69) is 10.3 Å². The number of rotatable bonds is 11. The standard InChI is InChI=1S/C31H37N7O5S/c1-21-7-12-25(27(18-21)44(32,40)41)43-26-13-15-33-31-29(26)30(35-38(31)19-22-8-10-24(42-4)11-9-22)34-23-14-17-37(20-23)28(39)6-5-16-36(2)3/h5-13,15,18,23H,14,16-17,19-20H2,1-4H3,(H,34,35)(H2,32,40,41)/b6-5+/t23-/m1/s1. The highest BCUT2D eigenvalue weighted by Crippen LogP contribution is 2.37. The maximum atomic E-state index is 12.8. The van der Waals surface area contributed by atoms with Crippen molar-refractivity contribution in [2.45, 2.75) is 30.8 Å². The molecule has 0 unspecified atom stereocenters. The molecule has 3 N–H and O–H groups in total. The number of methoxy groups -OCH3 is 1. The Hall–Kier alpha value is -4.46. The van der Waals surface area contributed by atoms with Gasteiger partial charge in [0.1, 0.15) is 27.5 Å². The van der Waals surface area contributed by atoms with Gasteiger partial charge in [-0.05, 0) is 62.8 Å². The number of amides is 1. The zero-order valence-corrected chi connectivity index (χ0v) is 26.0. The second-order valence-electron chi connectivity index (χ2n) is 11.0. The van der Waals surface area contributed by atoms with Crippen LogP contribution in [0.4, 0.5) is 5.82 Å². The summed E-state index contributed by atoms with van der Waals surface area (Å²) in [7, 11) is 1.46. The molecular formula is C31H37N7O5S. The van der Waals surface area contributed by atoms with Gasteiger partial charge in [-0.15, -0.1) is 0 Å². The van der Waals surface area contributed by atoms with Crippen molar-refractivity contribution in [3.05, 3.63) is 78.0 Å². The normalized spacial score (nSPS) is 15.4. The number of pyridine rings is 1. The molecule has 44 heavy (non-hydrogen) atoms. The van der Waals surface area contributed by atoms with Crippen LogP contribution in [0.5, 0.6) is 17.2 Å². The second-order valence-corrected chi connectivity index (χ2v) is 12.6. The van der Waals surface area contributed by atoms with E-state index in [1.54, 1.807) is 54.1 Å². The third-order valence-electron chi connectivity index (χ3n) is 7.28. The molecule has 5 rings (SSSR count). The minimum atomic E-state index is -4.06. The molecule has 0 radical (unpaired) electrons. The molecular weight excluding hydrogens is 582 g/mol. The van der Waals surface area contributed by atoms with Gasteiger partial charge in [0.25, 0.3) is 0 Å². The molecule has 2 aromatic carbocycles. The largest absolute Gasteiger partial charge is 0.497 e. The maximum absolute atomic E-state index is 12.8. The minimum Gasteiger partial charge on any atom is -0.497 e. The number of nitrogens with zero attached hydrogens (tertiary/aromatic N) is 5. The molecule has 3 heterocycles. The first-order valence-corrected chi connectivity index (χ1v) is 15.7. The van der Waals surface area contributed by atoms with Crippen molar-refractivity contribution in [2.75, 3.05) is 46.2 Å². The fourth-order valence-corrected chi connectivity index (χ4v) is 5.79. The highest BCUT2D eigenvalue weighted by atomic mass is 32.2. The number of anilines is 1. The van der Waals surface area contributed by atoms with Crippen LogP contribution in [-0.4, -0.2) is 85.8 Å². The van der Waals surface area contributed by atoms with Crippen molar-refractivity contribution in [2.24, 2.45) is 5.14 Å². The number of carbonyl (C=O) groups excluding carboxylic acids is 1. The average molecular weight is 620 g/mol. The Morgan fingerprint density at radius 3 is 2.64 bits per heavy atom. The molecule has 1 atom stereocenters. The molecule has 4 aromatic rings. The predicted octanol–water partition coefficient (Wildman–Crippen LogP) is 3.37. The molecule has 1 saturated heterocycles. The van der Waals surface area contributed by atoms with Gasteiger partial charge in [-0.3, -0.25) is 4.79 Å². The summed E-state index contributed by atoms with van der Waals surface area (Å²) in [6, 6.07) is 14.1. The first kappa shape index (κ1) is 31.0. The summed E-state index contributed by atoms with van der Waals surface area (Å²) in [5.74, 6) is 1.69. The summed E-state index contributed by atoms with van der Waals surface area (Å²) in [5, 5.41) is 14.5. The highest BCUT2D eigenvalue weighted by Gasteiger charge is 2.28. The lowest BCUT2D eigenvalue weighted by Gasteiger charge is -2.16. The van der Waals surface area contributed by atoms with E-state index < -0.39 is 10.0 Å². The van der Waals surface area contributed by atoms with Gasteiger partial charge in [0.15, 0.2) is 11.5 Å². The topological polar surface area (TPSA) is 145 Å². The van der Waals surface area contributed by atoms with Gasteiger partial charge >= 0.3 is 0 Å². The van der Waals surface area contributed by atoms with E-state index in [4.69, 9.17) is 19.7 Å². The van der Waals surface area contributed by atoms with E-state index >= 15 is 0 Å². The number of nitrogens with one attached hydrogen (secondary N) is 1. The van der Waals surface area contributed by atoms with Gasteiger partial charge in [0.05, 0.1) is 13.7 Å². The third kappa shape index (κ3) is 7.18. The molecule has 232 valence electrons. The molecule has 12 nitrogen and oxygen atoms in total. The van der Waals surface area contributed by atoms with Crippen molar-refractivity contribution in [3.8, 4) is 17.2 Å². The predicted molar refractivity (Wildman–Crippen MR) is 169 cm³/mol. The summed E-state index contributed by atoms with van der Waals surface area (Å²) in [6.07, 6.45) is 5.79. The molecule has 13 heteroatoms. The Bertz CT molecular complexity index is 1790. The van der Waals surface area contributed by atoms with Crippen molar-refractivity contribution in [3.63, 3.8) is 0 Å². The fourth-order valence-electron chi connectivity index (χ4n) is 5.05. The summed E-state index contributed by atoms with van der Waals surface area (Å²) < 4.78 is 38.1. The smallest absolute Gasteiger partial charge is 0.246 e. The van der Waals surface area contributed by atoms with Gasteiger partial charge in [-0.2, -0.15) is 5.10 Å². The summed E-state index contributed by atoms with van der Waals surface area (Å²) >= 11 is 0. The number of primary sulfonamides is 1. The number of fused-ring (bicyclic) bond motifs is 1. The first-order chi connectivity index (χ1) is 21.0. The summed E-state index contributed by atoms with van der Waals surface area (Å²) in [6.45, 7) is 3.99. The molecule has 1 aliphatic heterocycles. The monoisotopic (exact) mass is 619 g/mol. The zero-order chi connectivity index (χ0) is 31.4. The van der Waals surface area contributed by atoms with E-state index in [0.29, 0.717) is 48.8 Å². The van der Waals surface area contributed by atoms with E-state index in [9.17, 15) is 13.2 Å². The van der Waals surface area contributed by atoms with E-state index in [1.807, 2.05) is 49.3 Å². The van der Waals surface area contributed by atoms with E-state index in [0.717, 1.165) is 23.3 Å². The van der Waals surface area contributed by atoms with Crippen LogP contribution < -0.4 is 19.9 Å². The molecule has 1 aliphatic rings. The molecule has 1 amide bonds. The van der Waals surface area contributed by atoms with Crippen molar-refractivity contribution in [1.29, 1.82) is 0 Å². The SMILES string of the molecule is COc1ccc(Cn2nc(N[C@@H]3CCN(C(=O)/C=C/CN(C)C)C3)c3c(Oc4ccc(C)cc4S(N)(=O)=O)ccnc32)cc1. The van der Waals surface area contributed by atoms with Crippen LogP contribution >= 0.6 is 0 Å². The number of carbonyl (C=O) groups is 1. The van der Waals surface area contributed by atoms with Crippen LogP contribution in [0.3, 0.4) is 0 Å². The number of aryl methyl sites for hydroxylation is 1. The second kappa shape index (κ2) is 13.0. The lowest BCUT2D eigenvalue weighted by molar-refractivity contribution is -0.125. The van der Waals surface area contributed by atoms with Gasteiger partial charge in [-0.25, -0.2) is 23.2 Å². The average Bonchev–Trinajstić information content (AvgIpc) is 3.59. The molecule has 0 bridgehead atoms. The van der Waals surface area contributed by atoms with Crippen LogP contribution in [0.2, 0.25) is 0 Å². The number of nitrogens with two attached hydrogens (primary N) is 1. The van der Waals surface area contributed by atoms with Crippen molar-refractivity contribution in [1.82, 2.24) is 24.6 Å². The molecule has 2 aromatic heterocycles. The Kier molecular flexibility index (Phi) is 9.18. The quantitative estimate of drug-likeness (QED) is 0.241. The van der Waals surface area contributed by atoms with Crippen LogP contribution in [0.25, 0.3) is 11.0 Å². The molecule has 0 spiro atoms. The lowest BCUT2D eigenvalue weighted by atomic mass is 10.2. The van der Waals surface area contributed by atoms with Gasteiger partial charge in [0, 0.05) is 44.0 Å². The van der Waals surface area contributed by atoms with Crippen LogP contribution in [0.1, 0.15) is 17.5 Å². The minimum absolute atomic E-state index is 0.0355. The molecule has 0 saturated carbocycles. The van der Waals surface area contributed by atoms with Crippen LogP contribution in [0.15, 0.2) is 71.8 Å². The number of sulfonamides is 1. The van der Waals surface area contributed by atoms with Gasteiger partial charge in [0.2, 0.25) is 15.9 Å². The number of benzene rings is 2. The number of aromatic nitrogens is 3. The Labute approximate surface area is 257 Å². The first-order valence-electron chi connectivity index (χ1n) is 14.2. The number of ether oxygens (including phenoxy) is 2. The molecule has 0 aliphatic carbocycles.